The van der Waals surface area contributed by atoms with Crippen molar-refractivity contribution in [2.24, 2.45) is 16.6 Å². The summed E-state index contributed by atoms with van der Waals surface area (Å²) in [6.45, 7) is 1.64. The molecule has 0 spiro atoms. The van der Waals surface area contributed by atoms with Crippen molar-refractivity contribution in [3.05, 3.63) is 36.3 Å². The third-order valence-electron chi connectivity index (χ3n) is 3.85. The number of hydrogen-bond acceptors (Lipinski definition) is 2. The van der Waals surface area contributed by atoms with Crippen LogP contribution in [0.4, 0.5) is 0 Å². The molecule has 0 radical (unpaired) electrons. The van der Waals surface area contributed by atoms with Gasteiger partial charge in [0.2, 0.25) is 0 Å². The molecule has 106 valence electrons. The van der Waals surface area contributed by atoms with Gasteiger partial charge in [-0.05, 0) is 30.9 Å². The van der Waals surface area contributed by atoms with Gasteiger partial charge in [-0.25, -0.2) is 4.98 Å². The summed E-state index contributed by atoms with van der Waals surface area (Å²) in [7, 11) is 0. The molecular weight excluding hydrogens is 250 g/mol. The van der Waals surface area contributed by atoms with Crippen molar-refractivity contribution in [3.8, 4) is 0 Å². The van der Waals surface area contributed by atoms with Crippen molar-refractivity contribution in [3.63, 3.8) is 0 Å². The Labute approximate surface area is 118 Å². The first kappa shape index (κ1) is 13.0. The van der Waals surface area contributed by atoms with Crippen LogP contribution in [-0.4, -0.2) is 28.4 Å². The van der Waals surface area contributed by atoms with E-state index < -0.39 is 0 Å². The van der Waals surface area contributed by atoms with Gasteiger partial charge >= 0.3 is 0 Å². The summed E-state index contributed by atoms with van der Waals surface area (Å²) in [5, 5.41) is 3.16. The Bertz CT molecular complexity index is 564. The van der Waals surface area contributed by atoms with Crippen LogP contribution >= 0.6 is 0 Å². The minimum absolute atomic E-state index is 0.556. The van der Waals surface area contributed by atoms with Gasteiger partial charge in [0.25, 0.3) is 0 Å². The fourth-order valence-corrected chi connectivity index (χ4v) is 2.39. The number of rotatable bonds is 5. The fraction of sp³-hybridized carbons (Fsp3) is 0.467. The molecule has 2 aromatic heterocycles. The standard InChI is InChI=1S/C15H21N5/c16-15(18-10-12-4-3-5-12)17-8-7-13-11-20-9-2-1-6-14(20)19-13/h1-2,6,9,11-12H,3-5,7-8,10H2,(H3,16,17,18). The number of imidazole rings is 1. The lowest BCUT2D eigenvalue weighted by Gasteiger charge is -2.23. The molecule has 0 saturated heterocycles. The molecule has 3 rings (SSSR count). The Balaban J connectivity index is 1.46. The first-order chi connectivity index (χ1) is 9.81. The van der Waals surface area contributed by atoms with E-state index in [2.05, 4.69) is 21.5 Å². The Hall–Kier alpha value is -2.04. The number of nitrogens with two attached hydrogens (primary N) is 1. The molecule has 0 atom stereocenters. The molecule has 1 fully saturated rings. The van der Waals surface area contributed by atoms with Gasteiger partial charge in [0.05, 0.1) is 5.69 Å². The fourth-order valence-electron chi connectivity index (χ4n) is 2.39. The van der Waals surface area contributed by atoms with Gasteiger partial charge in [0.15, 0.2) is 5.96 Å². The zero-order valence-corrected chi connectivity index (χ0v) is 11.6. The molecule has 3 N–H and O–H groups in total. The SMILES string of the molecule is NC(=NCC1CCC1)NCCc1cn2ccccc2n1. The first-order valence-corrected chi connectivity index (χ1v) is 7.27. The average molecular weight is 271 g/mol. The number of nitrogens with one attached hydrogen (secondary N) is 1. The van der Waals surface area contributed by atoms with Crippen molar-refractivity contribution < 1.29 is 0 Å². The lowest BCUT2D eigenvalue weighted by molar-refractivity contribution is 0.326. The van der Waals surface area contributed by atoms with Gasteiger partial charge in [0, 0.05) is 31.9 Å². The van der Waals surface area contributed by atoms with Gasteiger partial charge < -0.3 is 15.5 Å². The van der Waals surface area contributed by atoms with Crippen LogP contribution in [0.15, 0.2) is 35.6 Å². The molecule has 0 amide bonds. The number of aromatic nitrogens is 2. The summed E-state index contributed by atoms with van der Waals surface area (Å²) in [6, 6.07) is 6.00. The topological polar surface area (TPSA) is 67.7 Å². The number of aliphatic imine (C=N–C) groups is 1. The molecule has 5 nitrogen and oxygen atoms in total. The number of guanidine groups is 1. The Kier molecular flexibility index (Phi) is 3.85. The summed E-state index contributed by atoms with van der Waals surface area (Å²) in [6.07, 6.45) is 8.87. The zero-order valence-electron chi connectivity index (χ0n) is 11.6. The minimum Gasteiger partial charge on any atom is -0.370 e. The van der Waals surface area contributed by atoms with E-state index in [1.807, 2.05) is 28.8 Å². The van der Waals surface area contributed by atoms with E-state index in [-0.39, 0.29) is 0 Å². The summed E-state index contributed by atoms with van der Waals surface area (Å²) in [4.78, 5) is 8.93. The lowest BCUT2D eigenvalue weighted by atomic mass is 9.86. The molecule has 0 aromatic carbocycles. The van der Waals surface area contributed by atoms with Crippen LogP contribution in [0.1, 0.15) is 25.0 Å². The first-order valence-electron chi connectivity index (χ1n) is 7.27. The summed E-state index contributed by atoms with van der Waals surface area (Å²) in [5.74, 6) is 1.31. The van der Waals surface area contributed by atoms with E-state index in [0.717, 1.165) is 36.8 Å². The number of pyridine rings is 1. The van der Waals surface area contributed by atoms with Gasteiger partial charge in [-0.3, -0.25) is 4.99 Å². The van der Waals surface area contributed by atoms with Crippen molar-refractivity contribution in [2.75, 3.05) is 13.1 Å². The number of nitrogens with zero attached hydrogens (tertiary/aromatic N) is 3. The van der Waals surface area contributed by atoms with Crippen molar-refractivity contribution in [2.45, 2.75) is 25.7 Å². The molecule has 0 unspecified atom stereocenters. The molecule has 20 heavy (non-hydrogen) atoms. The van der Waals surface area contributed by atoms with Crippen LogP contribution in [0.3, 0.4) is 0 Å². The molecule has 1 saturated carbocycles. The molecule has 1 aliphatic rings. The van der Waals surface area contributed by atoms with Crippen LogP contribution < -0.4 is 11.1 Å². The van der Waals surface area contributed by atoms with Crippen LogP contribution in [0.2, 0.25) is 0 Å². The smallest absolute Gasteiger partial charge is 0.188 e. The molecule has 0 aliphatic heterocycles. The monoisotopic (exact) mass is 271 g/mol. The van der Waals surface area contributed by atoms with Gasteiger partial charge in [-0.15, -0.1) is 0 Å². The highest BCUT2D eigenvalue weighted by Gasteiger charge is 2.16. The second-order valence-corrected chi connectivity index (χ2v) is 5.40. The van der Waals surface area contributed by atoms with Gasteiger partial charge in [0.1, 0.15) is 5.65 Å². The predicted octanol–water partition coefficient (Wildman–Crippen LogP) is 1.58. The highest BCUT2D eigenvalue weighted by Crippen LogP contribution is 2.26. The van der Waals surface area contributed by atoms with Crippen molar-refractivity contribution in [1.29, 1.82) is 0 Å². The Morgan fingerprint density at radius 2 is 2.35 bits per heavy atom. The van der Waals surface area contributed by atoms with Crippen molar-refractivity contribution in [1.82, 2.24) is 14.7 Å². The summed E-state index contributed by atoms with van der Waals surface area (Å²) >= 11 is 0. The highest BCUT2D eigenvalue weighted by molar-refractivity contribution is 5.77. The average Bonchev–Trinajstić information content (AvgIpc) is 2.79. The molecule has 5 heteroatoms. The zero-order chi connectivity index (χ0) is 13.8. The normalized spacial score (nSPS) is 16.3. The lowest BCUT2D eigenvalue weighted by Crippen LogP contribution is -2.34. The number of fused-ring (bicyclic) bond motifs is 1. The third kappa shape index (κ3) is 3.10. The van der Waals surface area contributed by atoms with E-state index in [1.54, 1.807) is 0 Å². The maximum atomic E-state index is 5.85. The van der Waals surface area contributed by atoms with Crippen LogP contribution in [0.25, 0.3) is 5.65 Å². The van der Waals surface area contributed by atoms with E-state index >= 15 is 0 Å². The maximum absolute atomic E-state index is 5.85. The van der Waals surface area contributed by atoms with Crippen LogP contribution in [-0.2, 0) is 6.42 Å². The molecule has 1 aliphatic carbocycles. The van der Waals surface area contributed by atoms with Gasteiger partial charge in [-0.2, -0.15) is 0 Å². The molecule has 2 aromatic rings. The Morgan fingerprint density at radius 1 is 1.45 bits per heavy atom. The van der Waals surface area contributed by atoms with E-state index in [9.17, 15) is 0 Å². The van der Waals surface area contributed by atoms with E-state index in [1.165, 1.54) is 19.3 Å². The van der Waals surface area contributed by atoms with Crippen molar-refractivity contribution >= 4 is 11.6 Å². The molecule has 2 heterocycles. The van der Waals surface area contributed by atoms with Crippen LogP contribution in [0, 0.1) is 5.92 Å². The third-order valence-corrected chi connectivity index (χ3v) is 3.85. The van der Waals surface area contributed by atoms with E-state index in [0.29, 0.717) is 5.96 Å². The second-order valence-electron chi connectivity index (χ2n) is 5.40. The minimum atomic E-state index is 0.556. The summed E-state index contributed by atoms with van der Waals surface area (Å²) < 4.78 is 2.03. The maximum Gasteiger partial charge on any atom is 0.188 e. The molecular formula is C15H21N5. The molecule has 0 bridgehead atoms. The summed E-state index contributed by atoms with van der Waals surface area (Å²) in [5.41, 5.74) is 7.90. The highest BCUT2D eigenvalue weighted by atomic mass is 15.1. The predicted molar refractivity (Wildman–Crippen MR) is 80.7 cm³/mol. The largest absolute Gasteiger partial charge is 0.370 e. The second kappa shape index (κ2) is 5.94. The van der Waals surface area contributed by atoms with Gasteiger partial charge in [-0.1, -0.05) is 12.5 Å². The Morgan fingerprint density at radius 3 is 3.10 bits per heavy atom. The van der Waals surface area contributed by atoms with Crippen LogP contribution in [0.5, 0.6) is 0 Å². The number of hydrogen-bond donors (Lipinski definition) is 2. The quantitative estimate of drug-likeness (QED) is 0.641. The van der Waals surface area contributed by atoms with E-state index in [4.69, 9.17) is 5.73 Å².